The molecule has 1 rings (SSSR count). The minimum absolute atomic E-state index is 0. The van der Waals surface area contributed by atoms with Gasteiger partial charge in [0.25, 0.3) is 0 Å². The summed E-state index contributed by atoms with van der Waals surface area (Å²) in [6.07, 6.45) is 7.08. The molecule has 0 fully saturated rings. The van der Waals surface area contributed by atoms with Crippen LogP contribution in [-0.4, -0.2) is 81.3 Å². The summed E-state index contributed by atoms with van der Waals surface area (Å²) in [5, 5.41) is 4.27. The monoisotopic (exact) mass is 502 g/mol. The van der Waals surface area contributed by atoms with Gasteiger partial charge < -0.3 is 33.3 Å². The van der Waals surface area contributed by atoms with Crippen LogP contribution < -0.4 is 0 Å². The molecule has 10 heteroatoms. The second-order valence-electron chi connectivity index (χ2n) is 6.31. The zero-order valence-electron chi connectivity index (χ0n) is 17.9. The molecule has 0 aromatic carbocycles. The third-order valence-corrected chi connectivity index (χ3v) is 3.70. The van der Waals surface area contributed by atoms with Crippen molar-refractivity contribution >= 4 is 12.1 Å². The van der Waals surface area contributed by atoms with Crippen molar-refractivity contribution in [3.05, 3.63) is 18.0 Å². The van der Waals surface area contributed by atoms with Crippen molar-refractivity contribution < 1.29 is 66.0 Å². The molecule has 0 amide bonds. The number of aromatic nitrogens is 2. The third-order valence-electron chi connectivity index (χ3n) is 3.70. The molecule has 1 aromatic heterocycles. The van der Waals surface area contributed by atoms with Crippen LogP contribution in [0.2, 0.25) is 0 Å². The second-order valence-corrected chi connectivity index (χ2v) is 6.31. The van der Waals surface area contributed by atoms with E-state index < -0.39 is 0 Å². The number of nitrogens with zero attached hydrogens (tertiary/aromatic N) is 2. The first-order chi connectivity index (χ1) is 14.2. The van der Waals surface area contributed by atoms with Crippen molar-refractivity contribution in [2.45, 2.75) is 39.3 Å². The zero-order valence-corrected chi connectivity index (χ0v) is 20.7. The van der Waals surface area contributed by atoms with Crippen LogP contribution in [0.25, 0.3) is 0 Å². The van der Waals surface area contributed by atoms with Gasteiger partial charge in [0.2, 0.25) is 0 Å². The minimum atomic E-state index is 0. The molecule has 0 unspecified atom stereocenters. The quantitative estimate of drug-likeness (QED) is 0.184. The van der Waals surface area contributed by atoms with Gasteiger partial charge in [-0.2, -0.15) is 5.10 Å². The molecule has 0 aliphatic rings. The Balaban J connectivity index is 0.00000841. The molecule has 1 heterocycles. The molecule has 0 atom stereocenters. The molecule has 0 N–H and O–H groups in total. The number of ether oxygens (including phenoxy) is 5. The maximum atomic E-state index is 10.8. The van der Waals surface area contributed by atoms with Crippen molar-refractivity contribution in [2.24, 2.45) is 0 Å². The Morgan fingerprint density at radius 2 is 1.53 bits per heavy atom. The van der Waals surface area contributed by atoms with Gasteiger partial charge >= 0.3 is 0 Å². The number of ketones is 1. The first kappa shape index (κ1) is 29.5. The molecule has 0 saturated heterocycles. The van der Waals surface area contributed by atoms with Crippen LogP contribution in [-0.2, 0) is 79.1 Å². The van der Waals surface area contributed by atoms with E-state index in [1.54, 1.807) is 19.4 Å². The summed E-state index contributed by atoms with van der Waals surface area (Å²) < 4.78 is 28.8. The number of carbonyl (C=O) groups excluding carboxylic acids is 2. The smallest absolute Gasteiger partial charge is 0.129 e. The predicted molar refractivity (Wildman–Crippen MR) is 105 cm³/mol. The summed E-state index contributed by atoms with van der Waals surface area (Å²) in [7, 11) is 0. The molecule has 1 aromatic rings. The molecule has 0 aliphatic carbocycles. The fraction of sp³-hybridized carbons (Fsp3) is 0.750. The van der Waals surface area contributed by atoms with E-state index in [1.165, 1.54) is 0 Å². The summed E-state index contributed by atoms with van der Waals surface area (Å²) in [6.45, 7) is 7.22. The summed E-state index contributed by atoms with van der Waals surface area (Å²) in [4.78, 5) is 20.8. The van der Waals surface area contributed by atoms with E-state index in [0.717, 1.165) is 12.0 Å². The number of carbonyl (C=O) groups is 1. The molecular formula is C20H33N2O7Y-. The molecule has 0 spiro atoms. The Kier molecular flexibility index (Phi) is 21.3. The average Bonchev–Trinajstić information content (AvgIpc) is 3.15. The standard InChI is InChI=1S/C20H33N2O7.Y/c1-19(24)4-2-7-29-18-20-16-21-22(17-20)5-9-26-11-13-28-15-14-27-12-10-25-8-3-6-23;/h16-17H,2-5,7-15,18H2,1H3;/q-1;. The van der Waals surface area contributed by atoms with Crippen molar-refractivity contribution in [2.75, 3.05) is 59.5 Å². The van der Waals surface area contributed by atoms with E-state index in [0.29, 0.717) is 85.5 Å². The Hall–Kier alpha value is -0.546. The molecule has 9 nitrogen and oxygen atoms in total. The van der Waals surface area contributed by atoms with Crippen LogP contribution >= 0.6 is 0 Å². The Bertz CT molecular complexity index is 543. The molecule has 30 heavy (non-hydrogen) atoms. The van der Waals surface area contributed by atoms with Gasteiger partial charge in [-0.15, -0.1) is 6.42 Å². The summed E-state index contributed by atoms with van der Waals surface area (Å²) >= 11 is 0. The first-order valence-electron chi connectivity index (χ1n) is 9.97. The minimum Gasteiger partial charge on any atom is -0.542 e. The van der Waals surface area contributed by atoms with Crippen LogP contribution in [0.15, 0.2) is 12.4 Å². The molecule has 1 radical (unpaired) electrons. The summed E-state index contributed by atoms with van der Waals surface area (Å²) in [5.41, 5.74) is 1.00. The largest absolute Gasteiger partial charge is 0.542 e. The van der Waals surface area contributed by atoms with E-state index in [9.17, 15) is 9.59 Å². The van der Waals surface area contributed by atoms with E-state index in [1.807, 2.05) is 10.9 Å². The second kappa shape index (κ2) is 21.7. The average molecular weight is 502 g/mol. The van der Waals surface area contributed by atoms with Gasteiger partial charge in [-0.25, -0.2) is 0 Å². The van der Waals surface area contributed by atoms with E-state index >= 15 is 0 Å². The molecular weight excluding hydrogens is 469 g/mol. The van der Waals surface area contributed by atoms with Crippen LogP contribution in [0, 0.1) is 0 Å². The van der Waals surface area contributed by atoms with Crippen LogP contribution in [0.5, 0.6) is 0 Å². The topological polar surface area (TPSA) is 98.1 Å². The fourth-order valence-corrected chi connectivity index (χ4v) is 2.25. The molecule has 169 valence electrons. The first-order valence-corrected chi connectivity index (χ1v) is 9.97. The van der Waals surface area contributed by atoms with E-state index in [2.05, 4.69) is 5.10 Å². The number of Topliss-reactive ketones (excluding diaryl/α,β-unsaturated/α-hetero) is 1. The molecule has 0 saturated carbocycles. The van der Waals surface area contributed by atoms with Gasteiger partial charge in [0.05, 0.1) is 65.6 Å². The number of hydrogen-bond donors (Lipinski definition) is 0. The normalized spacial score (nSPS) is 10.7. The maximum Gasteiger partial charge on any atom is 0.129 e. The van der Waals surface area contributed by atoms with Crippen LogP contribution in [0.4, 0.5) is 0 Å². The van der Waals surface area contributed by atoms with Crippen molar-refractivity contribution in [3.63, 3.8) is 0 Å². The van der Waals surface area contributed by atoms with Gasteiger partial charge in [-0.3, -0.25) is 11.0 Å². The number of rotatable bonds is 21. The van der Waals surface area contributed by atoms with Gasteiger partial charge in [0.15, 0.2) is 0 Å². The van der Waals surface area contributed by atoms with Crippen LogP contribution in [0.3, 0.4) is 0 Å². The SMILES string of the molecule is CC(=O)CCCOCc1cnn(CCOCCOCCOCCOCC[C-]=O)c1.[Y]. The maximum absolute atomic E-state index is 10.8. The van der Waals surface area contributed by atoms with E-state index in [-0.39, 0.29) is 38.5 Å². The zero-order chi connectivity index (χ0) is 21.0. The molecule has 0 aliphatic heterocycles. The Labute approximate surface area is 204 Å². The Morgan fingerprint density at radius 3 is 2.13 bits per heavy atom. The van der Waals surface area contributed by atoms with Crippen molar-refractivity contribution in [3.8, 4) is 0 Å². The van der Waals surface area contributed by atoms with Gasteiger partial charge in [-0.1, -0.05) is 0 Å². The summed E-state index contributed by atoms with van der Waals surface area (Å²) in [6, 6.07) is 0. The summed E-state index contributed by atoms with van der Waals surface area (Å²) in [5.74, 6) is 0.188. The molecule has 0 bridgehead atoms. The number of hydrogen-bond acceptors (Lipinski definition) is 8. The fourth-order valence-electron chi connectivity index (χ4n) is 2.25. The van der Waals surface area contributed by atoms with Crippen molar-refractivity contribution in [1.29, 1.82) is 0 Å². The van der Waals surface area contributed by atoms with Gasteiger partial charge in [-0.05, 0) is 13.3 Å². The van der Waals surface area contributed by atoms with E-state index in [4.69, 9.17) is 23.7 Å². The van der Waals surface area contributed by atoms with Crippen molar-refractivity contribution in [1.82, 2.24) is 9.78 Å². The third kappa shape index (κ3) is 18.2. The van der Waals surface area contributed by atoms with Gasteiger partial charge in [0.1, 0.15) is 5.78 Å². The Morgan fingerprint density at radius 1 is 0.933 bits per heavy atom. The van der Waals surface area contributed by atoms with Crippen LogP contribution in [0.1, 0.15) is 31.7 Å². The predicted octanol–water partition coefficient (Wildman–Crippen LogP) is 1.33. The van der Waals surface area contributed by atoms with Gasteiger partial charge in [0, 0.05) is 64.1 Å².